The van der Waals surface area contributed by atoms with Gasteiger partial charge in [-0.25, -0.2) is 8.42 Å². The molecule has 2 heterocycles. The van der Waals surface area contributed by atoms with Gasteiger partial charge in [0.05, 0.1) is 48.3 Å². The Balaban J connectivity index is 1.68. The molecule has 34 heavy (non-hydrogen) atoms. The summed E-state index contributed by atoms with van der Waals surface area (Å²) in [6.45, 7) is 2.92. The van der Waals surface area contributed by atoms with Gasteiger partial charge in [-0.2, -0.15) is 17.5 Å². The normalized spacial score (nSPS) is 18.0. The largest absolute Gasteiger partial charge is 0.416 e. The average molecular weight is 500 g/mol. The van der Waals surface area contributed by atoms with E-state index in [1.54, 1.807) is 6.07 Å². The van der Waals surface area contributed by atoms with Crippen molar-refractivity contribution < 1.29 is 35.9 Å². The van der Waals surface area contributed by atoms with Crippen LogP contribution in [0.2, 0.25) is 0 Å². The number of alkyl halides is 3. The molecular formula is C22H24F3N3O5S. The number of halogens is 3. The lowest BCUT2D eigenvalue weighted by Gasteiger charge is -2.31. The third-order valence-electron chi connectivity index (χ3n) is 5.63. The highest BCUT2D eigenvalue weighted by molar-refractivity contribution is 7.89. The molecule has 2 aromatic rings. The third-order valence-corrected chi connectivity index (χ3v) is 7.52. The van der Waals surface area contributed by atoms with E-state index < -0.39 is 27.7 Å². The van der Waals surface area contributed by atoms with Gasteiger partial charge in [-0.05, 0) is 36.4 Å². The smallest absolute Gasteiger partial charge is 0.379 e. The number of rotatable bonds is 5. The van der Waals surface area contributed by atoms with Crippen LogP contribution in [0.4, 0.5) is 24.5 Å². The molecule has 2 fully saturated rings. The summed E-state index contributed by atoms with van der Waals surface area (Å²) in [6.07, 6.45) is -4.60. The molecule has 4 rings (SSSR count). The molecule has 2 aliphatic heterocycles. The lowest BCUT2D eigenvalue weighted by Crippen LogP contribution is -2.40. The van der Waals surface area contributed by atoms with Crippen LogP contribution in [-0.4, -0.2) is 71.2 Å². The molecule has 2 saturated heterocycles. The lowest BCUT2D eigenvalue weighted by molar-refractivity contribution is -0.137. The molecule has 1 N–H and O–H groups in total. The molecule has 0 aromatic heterocycles. The van der Waals surface area contributed by atoms with Gasteiger partial charge >= 0.3 is 6.18 Å². The number of benzene rings is 2. The molecule has 0 unspecified atom stereocenters. The summed E-state index contributed by atoms with van der Waals surface area (Å²) < 4.78 is 77.5. The molecule has 2 aromatic carbocycles. The Hall–Kier alpha value is -2.67. The van der Waals surface area contributed by atoms with Crippen LogP contribution < -0.4 is 10.2 Å². The van der Waals surface area contributed by atoms with Gasteiger partial charge in [0, 0.05) is 31.7 Å². The first-order chi connectivity index (χ1) is 16.2. The van der Waals surface area contributed by atoms with E-state index in [-0.39, 0.29) is 42.4 Å². The standard InChI is InChI=1S/C22H24F3N3O5S/c23-22(24,25)17-3-1-2-16(14-17)21(29)26-19-15-18(34(30,31)28-8-12-33-13-9-28)4-5-20(19)27-6-10-32-11-7-27/h1-5,14-15H,6-13H2,(H,26,29). The molecule has 0 radical (unpaired) electrons. The molecule has 0 bridgehead atoms. The van der Waals surface area contributed by atoms with E-state index >= 15 is 0 Å². The van der Waals surface area contributed by atoms with Crippen LogP contribution in [0.15, 0.2) is 47.4 Å². The second-order valence-electron chi connectivity index (χ2n) is 7.83. The van der Waals surface area contributed by atoms with E-state index in [1.165, 1.54) is 22.5 Å². The number of carbonyl (C=O) groups is 1. The van der Waals surface area contributed by atoms with Gasteiger partial charge in [0.2, 0.25) is 10.0 Å². The summed E-state index contributed by atoms with van der Waals surface area (Å²) in [5, 5.41) is 2.62. The first-order valence-corrected chi connectivity index (χ1v) is 12.1. The Bertz CT molecular complexity index is 1140. The minimum Gasteiger partial charge on any atom is -0.379 e. The van der Waals surface area contributed by atoms with E-state index in [9.17, 15) is 26.4 Å². The van der Waals surface area contributed by atoms with Crippen molar-refractivity contribution in [1.82, 2.24) is 4.31 Å². The van der Waals surface area contributed by atoms with Crippen LogP contribution in [0, 0.1) is 0 Å². The quantitative estimate of drug-likeness (QED) is 0.681. The number of nitrogens with zero attached hydrogens (tertiary/aromatic N) is 2. The predicted octanol–water partition coefficient (Wildman–Crippen LogP) is 2.82. The molecule has 184 valence electrons. The molecule has 0 atom stereocenters. The molecule has 0 aliphatic carbocycles. The van der Waals surface area contributed by atoms with Crippen molar-refractivity contribution in [1.29, 1.82) is 0 Å². The summed E-state index contributed by atoms with van der Waals surface area (Å²) in [7, 11) is -3.85. The lowest BCUT2D eigenvalue weighted by atomic mass is 10.1. The zero-order chi connectivity index (χ0) is 24.3. The van der Waals surface area contributed by atoms with Crippen LogP contribution in [0.25, 0.3) is 0 Å². The number of sulfonamides is 1. The molecule has 8 nitrogen and oxygen atoms in total. The number of carbonyl (C=O) groups excluding carboxylic acids is 1. The first-order valence-electron chi connectivity index (χ1n) is 10.7. The number of anilines is 2. The summed E-state index contributed by atoms with van der Waals surface area (Å²) in [5.41, 5.74) is -0.385. The van der Waals surface area contributed by atoms with Gasteiger partial charge in [0.25, 0.3) is 5.91 Å². The Kier molecular flexibility index (Phi) is 7.12. The average Bonchev–Trinajstić information content (AvgIpc) is 2.84. The van der Waals surface area contributed by atoms with Crippen molar-refractivity contribution in [2.45, 2.75) is 11.1 Å². The highest BCUT2D eigenvalue weighted by Gasteiger charge is 2.31. The molecule has 12 heteroatoms. The maximum absolute atomic E-state index is 13.1. The zero-order valence-electron chi connectivity index (χ0n) is 18.2. The highest BCUT2D eigenvalue weighted by Crippen LogP contribution is 2.33. The van der Waals surface area contributed by atoms with Crippen LogP contribution in [0.5, 0.6) is 0 Å². The van der Waals surface area contributed by atoms with Gasteiger partial charge in [0.1, 0.15) is 0 Å². The van der Waals surface area contributed by atoms with Gasteiger partial charge in [-0.1, -0.05) is 6.07 Å². The van der Waals surface area contributed by atoms with Crippen LogP contribution in [0.3, 0.4) is 0 Å². The maximum Gasteiger partial charge on any atom is 0.416 e. The van der Waals surface area contributed by atoms with Gasteiger partial charge in [0.15, 0.2) is 0 Å². The zero-order valence-corrected chi connectivity index (χ0v) is 19.0. The summed E-state index contributed by atoms with van der Waals surface area (Å²) in [6, 6.07) is 8.48. The molecule has 2 aliphatic rings. The molecular weight excluding hydrogens is 475 g/mol. The first kappa shape index (κ1) is 24.5. The number of amides is 1. The number of hydrogen-bond acceptors (Lipinski definition) is 6. The Morgan fingerprint density at radius 1 is 0.912 bits per heavy atom. The van der Waals surface area contributed by atoms with Gasteiger partial charge < -0.3 is 19.7 Å². The third kappa shape index (κ3) is 5.35. The fourth-order valence-corrected chi connectivity index (χ4v) is 5.26. The number of hydrogen-bond donors (Lipinski definition) is 1. The van der Waals surface area contributed by atoms with E-state index in [0.29, 0.717) is 32.0 Å². The Morgan fingerprint density at radius 2 is 1.56 bits per heavy atom. The monoisotopic (exact) mass is 499 g/mol. The second-order valence-corrected chi connectivity index (χ2v) is 9.77. The minimum absolute atomic E-state index is 0.0225. The molecule has 0 saturated carbocycles. The van der Waals surface area contributed by atoms with Crippen molar-refractivity contribution in [2.24, 2.45) is 0 Å². The van der Waals surface area contributed by atoms with Crippen molar-refractivity contribution in [3.05, 3.63) is 53.6 Å². The summed E-state index contributed by atoms with van der Waals surface area (Å²) >= 11 is 0. The van der Waals surface area contributed by atoms with Crippen molar-refractivity contribution >= 4 is 27.3 Å². The van der Waals surface area contributed by atoms with Gasteiger partial charge in [-0.3, -0.25) is 4.79 Å². The number of ether oxygens (including phenoxy) is 2. The highest BCUT2D eigenvalue weighted by atomic mass is 32.2. The molecule has 0 spiro atoms. The number of nitrogens with one attached hydrogen (secondary N) is 1. The van der Waals surface area contributed by atoms with E-state index in [0.717, 1.165) is 18.2 Å². The predicted molar refractivity (Wildman–Crippen MR) is 118 cm³/mol. The number of morpholine rings is 2. The van der Waals surface area contributed by atoms with Crippen LogP contribution in [0.1, 0.15) is 15.9 Å². The SMILES string of the molecule is O=C(Nc1cc(S(=O)(=O)N2CCOCC2)ccc1N1CCOCC1)c1cccc(C(F)(F)F)c1. The molecule has 1 amide bonds. The Labute approximate surface area is 195 Å². The fraction of sp³-hybridized carbons (Fsp3) is 0.409. The summed E-state index contributed by atoms with van der Waals surface area (Å²) in [5.74, 6) is -0.776. The van der Waals surface area contributed by atoms with Crippen molar-refractivity contribution in [3.63, 3.8) is 0 Å². The second kappa shape index (κ2) is 9.90. The Morgan fingerprint density at radius 3 is 2.21 bits per heavy atom. The van der Waals surface area contributed by atoms with Crippen molar-refractivity contribution in [2.75, 3.05) is 62.8 Å². The van der Waals surface area contributed by atoms with Crippen LogP contribution >= 0.6 is 0 Å². The fourth-order valence-electron chi connectivity index (χ4n) is 3.82. The van der Waals surface area contributed by atoms with Gasteiger partial charge in [-0.15, -0.1) is 0 Å². The van der Waals surface area contributed by atoms with Crippen molar-refractivity contribution in [3.8, 4) is 0 Å². The van der Waals surface area contributed by atoms with E-state index in [4.69, 9.17) is 9.47 Å². The van der Waals surface area contributed by atoms with E-state index in [1.807, 2.05) is 4.90 Å². The maximum atomic E-state index is 13.1. The van der Waals surface area contributed by atoms with Crippen LogP contribution in [-0.2, 0) is 25.7 Å². The minimum atomic E-state index is -4.60. The topological polar surface area (TPSA) is 88.2 Å². The van der Waals surface area contributed by atoms with E-state index in [2.05, 4.69) is 5.32 Å². The summed E-state index contributed by atoms with van der Waals surface area (Å²) in [4.78, 5) is 14.8.